The summed E-state index contributed by atoms with van der Waals surface area (Å²) in [6.07, 6.45) is 3.33. The Labute approximate surface area is 89.9 Å². The van der Waals surface area contributed by atoms with Gasteiger partial charge in [-0.1, -0.05) is 6.92 Å². The fraction of sp³-hybridized carbons (Fsp3) is 0.900. The summed E-state index contributed by atoms with van der Waals surface area (Å²) in [4.78, 5) is 13.1. The SMILES string of the molecule is CCC(SCCN1CCCC1)C(=O)O. The molecule has 1 saturated heterocycles. The first-order valence-corrected chi connectivity index (χ1v) is 6.35. The van der Waals surface area contributed by atoms with Gasteiger partial charge in [-0.05, 0) is 32.4 Å². The molecule has 0 aliphatic carbocycles. The fourth-order valence-electron chi connectivity index (χ4n) is 1.69. The van der Waals surface area contributed by atoms with Gasteiger partial charge in [-0.3, -0.25) is 4.79 Å². The molecule has 3 nitrogen and oxygen atoms in total. The number of nitrogens with zero attached hydrogens (tertiary/aromatic N) is 1. The highest BCUT2D eigenvalue weighted by Gasteiger charge is 2.16. The van der Waals surface area contributed by atoms with Crippen LogP contribution in [0.15, 0.2) is 0 Å². The van der Waals surface area contributed by atoms with E-state index in [-0.39, 0.29) is 5.25 Å². The van der Waals surface area contributed by atoms with Crippen LogP contribution in [0.5, 0.6) is 0 Å². The number of carboxylic acid groups (broad SMARTS) is 1. The van der Waals surface area contributed by atoms with Crippen LogP contribution in [0, 0.1) is 0 Å². The van der Waals surface area contributed by atoms with E-state index in [4.69, 9.17) is 5.11 Å². The average molecular weight is 217 g/mol. The molecule has 0 aromatic heterocycles. The van der Waals surface area contributed by atoms with Crippen LogP contribution in [-0.4, -0.2) is 46.6 Å². The Balaban J connectivity index is 2.09. The molecular weight excluding hydrogens is 198 g/mol. The Kier molecular flexibility index (Phi) is 5.33. The number of aliphatic carboxylic acids is 1. The van der Waals surface area contributed by atoms with E-state index in [1.165, 1.54) is 25.9 Å². The van der Waals surface area contributed by atoms with Crippen molar-refractivity contribution >= 4 is 17.7 Å². The van der Waals surface area contributed by atoms with Gasteiger partial charge in [0.25, 0.3) is 0 Å². The van der Waals surface area contributed by atoms with E-state index in [9.17, 15) is 4.79 Å². The van der Waals surface area contributed by atoms with Crippen molar-refractivity contribution in [1.82, 2.24) is 4.90 Å². The van der Waals surface area contributed by atoms with Gasteiger partial charge in [0, 0.05) is 12.3 Å². The summed E-state index contributed by atoms with van der Waals surface area (Å²) in [6.45, 7) is 5.38. The molecule has 0 spiro atoms. The summed E-state index contributed by atoms with van der Waals surface area (Å²) in [7, 11) is 0. The lowest BCUT2D eigenvalue weighted by molar-refractivity contribution is -0.136. The van der Waals surface area contributed by atoms with E-state index in [1.54, 1.807) is 11.8 Å². The van der Waals surface area contributed by atoms with Crippen LogP contribution in [0.3, 0.4) is 0 Å². The predicted molar refractivity (Wildman–Crippen MR) is 59.8 cm³/mol. The van der Waals surface area contributed by atoms with Gasteiger partial charge in [0.1, 0.15) is 5.25 Å². The van der Waals surface area contributed by atoms with Crippen molar-refractivity contribution in [1.29, 1.82) is 0 Å². The zero-order valence-corrected chi connectivity index (χ0v) is 9.55. The molecule has 1 aliphatic heterocycles. The van der Waals surface area contributed by atoms with E-state index >= 15 is 0 Å². The molecule has 1 heterocycles. The number of hydrogen-bond acceptors (Lipinski definition) is 3. The van der Waals surface area contributed by atoms with Gasteiger partial charge in [0.05, 0.1) is 0 Å². The number of rotatable bonds is 6. The molecule has 1 rings (SSSR count). The van der Waals surface area contributed by atoms with E-state index in [2.05, 4.69) is 4.90 Å². The normalized spacial score (nSPS) is 19.8. The van der Waals surface area contributed by atoms with Crippen molar-refractivity contribution in [3.8, 4) is 0 Å². The number of hydrogen-bond donors (Lipinski definition) is 1. The molecule has 1 atom stereocenters. The number of likely N-dealkylation sites (tertiary alicyclic amines) is 1. The Bertz CT molecular complexity index is 181. The van der Waals surface area contributed by atoms with Gasteiger partial charge in [-0.15, -0.1) is 11.8 Å². The van der Waals surface area contributed by atoms with Crippen LogP contribution in [0.1, 0.15) is 26.2 Å². The first-order valence-electron chi connectivity index (χ1n) is 5.30. The molecule has 0 bridgehead atoms. The van der Waals surface area contributed by atoms with Gasteiger partial charge < -0.3 is 10.0 Å². The minimum absolute atomic E-state index is 0.211. The molecule has 1 aliphatic rings. The van der Waals surface area contributed by atoms with Gasteiger partial charge in [-0.25, -0.2) is 0 Å². The van der Waals surface area contributed by atoms with Crippen LogP contribution in [-0.2, 0) is 4.79 Å². The monoisotopic (exact) mass is 217 g/mol. The summed E-state index contributed by atoms with van der Waals surface area (Å²) < 4.78 is 0. The van der Waals surface area contributed by atoms with Gasteiger partial charge in [0.15, 0.2) is 0 Å². The third-order valence-corrected chi connectivity index (χ3v) is 3.93. The summed E-state index contributed by atoms with van der Waals surface area (Å²) in [5.41, 5.74) is 0. The molecule has 0 aromatic carbocycles. The quantitative estimate of drug-likeness (QED) is 0.735. The lowest BCUT2D eigenvalue weighted by Crippen LogP contribution is -2.24. The van der Waals surface area contributed by atoms with Gasteiger partial charge in [0.2, 0.25) is 0 Å². The van der Waals surface area contributed by atoms with Crippen LogP contribution in [0.4, 0.5) is 0 Å². The molecule has 0 amide bonds. The molecule has 0 radical (unpaired) electrons. The molecule has 4 heteroatoms. The van der Waals surface area contributed by atoms with E-state index in [0.29, 0.717) is 0 Å². The Hall–Kier alpha value is -0.220. The van der Waals surface area contributed by atoms with Crippen LogP contribution < -0.4 is 0 Å². The highest BCUT2D eigenvalue weighted by molar-refractivity contribution is 8.00. The van der Waals surface area contributed by atoms with Crippen molar-refractivity contribution in [3.63, 3.8) is 0 Å². The summed E-state index contributed by atoms with van der Waals surface area (Å²) >= 11 is 1.58. The standard InChI is InChI=1S/C10H19NO2S/c1-2-9(10(12)13)14-8-7-11-5-3-4-6-11/h9H,2-8H2,1H3,(H,12,13). The topological polar surface area (TPSA) is 40.5 Å². The van der Waals surface area contributed by atoms with Crippen LogP contribution in [0.25, 0.3) is 0 Å². The summed E-state index contributed by atoms with van der Waals surface area (Å²) in [6, 6.07) is 0. The summed E-state index contributed by atoms with van der Waals surface area (Å²) in [5, 5.41) is 8.62. The highest BCUT2D eigenvalue weighted by Crippen LogP contribution is 2.16. The second-order valence-corrected chi connectivity index (χ2v) is 4.97. The molecule has 82 valence electrons. The third-order valence-electron chi connectivity index (χ3n) is 2.57. The van der Waals surface area contributed by atoms with Crippen molar-refractivity contribution in [3.05, 3.63) is 0 Å². The molecular formula is C10H19NO2S. The Morgan fingerprint density at radius 1 is 1.50 bits per heavy atom. The second kappa shape index (κ2) is 6.30. The minimum atomic E-state index is -0.668. The van der Waals surface area contributed by atoms with Crippen LogP contribution in [0.2, 0.25) is 0 Å². The minimum Gasteiger partial charge on any atom is -0.480 e. The fourth-order valence-corrected chi connectivity index (χ4v) is 2.72. The second-order valence-electron chi connectivity index (χ2n) is 3.65. The number of thioether (sulfide) groups is 1. The first kappa shape index (κ1) is 11.9. The summed E-state index contributed by atoms with van der Waals surface area (Å²) in [5.74, 6) is 0.282. The molecule has 1 unspecified atom stereocenters. The Morgan fingerprint density at radius 3 is 2.64 bits per heavy atom. The predicted octanol–water partition coefficient (Wildman–Crippen LogP) is 1.68. The van der Waals surface area contributed by atoms with E-state index in [0.717, 1.165) is 18.7 Å². The maximum atomic E-state index is 10.7. The average Bonchev–Trinajstić information content (AvgIpc) is 2.64. The molecule has 1 fully saturated rings. The third kappa shape index (κ3) is 3.88. The first-order chi connectivity index (χ1) is 6.74. The lowest BCUT2D eigenvalue weighted by Gasteiger charge is -2.15. The maximum Gasteiger partial charge on any atom is 0.316 e. The molecule has 0 saturated carbocycles. The molecule has 14 heavy (non-hydrogen) atoms. The van der Waals surface area contributed by atoms with Crippen LogP contribution >= 0.6 is 11.8 Å². The zero-order valence-electron chi connectivity index (χ0n) is 8.74. The van der Waals surface area contributed by atoms with Gasteiger partial charge >= 0.3 is 5.97 Å². The Morgan fingerprint density at radius 2 is 2.14 bits per heavy atom. The molecule has 1 N–H and O–H groups in total. The van der Waals surface area contributed by atoms with E-state index in [1.807, 2.05) is 6.92 Å². The lowest BCUT2D eigenvalue weighted by atomic mass is 10.3. The van der Waals surface area contributed by atoms with E-state index < -0.39 is 5.97 Å². The number of carboxylic acids is 1. The van der Waals surface area contributed by atoms with Gasteiger partial charge in [-0.2, -0.15) is 0 Å². The van der Waals surface area contributed by atoms with Crippen molar-refractivity contribution in [2.45, 2.75) is 31.4 Å². The maximum absolute atomic E-state index is 10.7. The van der Waals surface area contributed by atoms with Crippen molar-refractivity contribution < 1.29 is 9.90 Å². The zero-order chi connectivity index (χ0) is 10.4. The smallest absolute Gasteiger partial charge is 0.316 e. The number of carbonyl (C=O) groups is 1. The largest absolute Gasteiger partial charge is 0.480 e. The van der Waals surface area contributed by atoms with Crippen molar-refractivity contribution in [2.75, 3.05) is 25.4 Å². The van der Waals surface area contributed by atoms with Crippen molar-refractivity contribution in [2.24, 2.45) is 0 Å². The molecule has 0 aromatic rings. The highest BCUT2D eigenvalue weighted by atomic mass is 32.2.